The molecule has 0 amide bonds. The number of hydrogen-bond acceptors (Lipinski definition) is 1. The van der Waals surface area contributed by atoms with Crippen LogP contribution in [0.25, 0.3) is 28.4 Å². The van der Waals surface area contributed by atoms with Gasteiger partial charge in [0.1, 0.15) is 5.82 Å². The molecule has 1 fully saturated rings. The Morgan fingerprint density at radius 1 is 0.903 bits per heavy atom. The van der Waals surface area contributed by atoms with Crippen molar-refractivity contribution in [2.24, 2.45) is 0 Å². The fraction of sp³-hybridized carbons (Fsp3) is 0.192. The summed E-state index contributed by atoms with van der Waals surface area (Å²) in [4.78, 5) is 4.58. The zero-order chi connectivity index (χ0) is 21.2. The number of benzene rings is 2. The molecule has 2 aliphatic rings. The van der Waals surface area contributed by atoms with Gasteiger partial charge in [-0.3, -0.25) is 4.57 Å². The number of rotatable bonds is 2. The molecule has 0 aliphatic heterocycles. The Morgan fingerprint density at radius 2 is 1.71 bits per heavy atom. The Hall–Kier alpha value is -3.34. The van der Waals surface area contributed by atoms with Gasteiger partial charge in [0.25, 0.3) is 0 Å². The van der Waals surface area contributed by atoms with E-state index >= 15 is 0 Å². The fourth-order valence-corrected chi connectivity index (χ4v) is 5.19. The SMILES string of the molecule is FC(F)(F)c1ccc2c(c1)C1(CCC1)C(c1cc3ccccc3n1-c1ccccn1)=C2. The van der Waals surface area contributed by atoms with Crippen molar-refractivity contribution >= 4 is 22.6 Å². The highest BCUT2D eigenvalue weighted by Crippen LogP contribution is 2.59. The molecule has 2 aromatic carbocycles. The van der Waals surface area contributed by atoms with Gasteiger partial charge in [0.05, 0.1) is 16.8 Å². The van der Waals surface area contributed by atoms with E-state index in [0.717, 1.165) is 58.4 Å². The lowest BCUT2D eigenvalue weighted by Gasteiger charge is -2.42. The Labute approximate surface area is 177 Å². The lowest BCUT2D eigenvalue weighted by atomic mass is 9.61. The summed E-state index contributed by atoms with van der Waals surface area (Å²) in [6.07, 6.45) is 2.24. The van der Waals surface area contributed by atoms with E-state index < -0.39 is 11.7 Å². The summed E-state index contributed by atoms with van der Waals surface area (Å²) in [5.74, 6) is 0.806. The number of para-hydroxylation sites is 1. The number of nitrogens with zero attached hydrogens (tertiary/aromatic N) is 2. The molecule has 0 N–H and O–H groups in total. The van der Waals surface area contributed by atoms with Crippen LogP contribution in [0.3, 0.4) is 0 Å². The molecule has 6 rings (SSSR count). The van der Waals surface area contributed by atoms with Crippen molar-refractivity contribution in [2.45, 2.75) is 30.9 Å². The molecular weight excluding hydrogens is 397 g/mol. The van der Waals surface area contributed by atoms with Crippen molar-refractivity contribution in [3.8, 4) is 5.82 Å². The van der Waals surface area contributed by atoms with Crippen molar-refractivity contribution in [1.29, 1.82) is 0 Å². The van der Waals surface area contributed by atoms with E-state index in [1.54, 1.807) is 12.3 Å². The molecule has 1 spiro atoms. The number of aromatic nitrogens is 2. The molecule has 154 valence electrons. The molecule has 4 aromatic rings. The van der Waals surface area contributed by atoms with Gasteiger partial charge in [-0.1, -0.05) is 36.8 Å². The van der Waals surface area contributed by atoms with Gasteiger partial charge in [-0.05, 0) is 72.0 Å². The largest absolute Gasteiger partial charge is 0.416 e. The van der Waals surface area contributed by atoms with E-state index in [1.807, 2.05) is 30.3 Å². The van der Waals surface area contributed by atoms with Crippen LogP contribution >= 0.6 is 0 Å². The third kappa shape index (κ3) is 2.62. The number of halogens is 3. The van der Waals surface area contributed by atoms with E-state index in [9.17, 15) is 13.2 Å². The maximum atomic E-state index is 13.4. The van der Waals surface area contributed by atoms with Crippen molar-refractivity contribution in [3.05, 3.63) is 95.3 Å². The second-order valence-electron chi connectivity index (χ2n) is 8.41. The van der Waals surface area contributed by atoms with Crippen LogP contribution in [0.15, 0.2) is 72.9 Å². The molecule has 1 saturated carbocycles. The summed E-state index contributed by atoms with van der Waals surface area (Å²) >= 11 is 0. The molecular formula is C26H19F3N2. The van der Waals surface area contributed by atoms with E-state index in [0.29, 0.717) is 0 Å². The smallest absolute Gasteiger partial charge is 0.294 e. The second kappa shape index (κ2) is 6.33. The summed E-state index contributed by atoms with van der Waals surface area (Å²) < 4.78 is 42.5. The summed E-state index contributed by atoms with van der Waals surface area (Å²) in [5.41, 5.74) is 3.90. The highest BCUT2D eigenvalue weighted by atomic mass is 19.4. The van der Waals surface area contributed by atoms with Gasteiger partial charge in [0.2, 0.25) is 0 Å². The van der Waals surface area contributed by atoms with Gasteiger partial charge >= 0.3 is 6.18 Å². The first-order valence-corrected chi connectivity index (χ1v) is 10.4. The number of fused-ring (bicyclic) bond motifs is 3. The average Bonchev–Trinajstić information content (AvgIpc) is 3.29. The monoisotopic (exact) mass is 416 g/mol. The Morgan fingerprint density at radius 3 is 2.42 bits per heavy atom. The fourth-order valence-electron chi connectivity index (χ4n) is 5.19. The van der Waals surface area contributed by atoms with Crippen molar-refractivity contribution in [3.63, 3.8) is 0 Å². The topological polar surface area (TPSA) is 17.8 Å². The van der Waals surface area contributed by atoms with Crippen LogP contribution < -0.4 is 0 Å². The van der Waals surface area contributed by atoms with Crippen LogP contribution in [0.2, 0.25) is 0 Å². The van der Waals surface area contributed by atoms with Gasteiger partial charge in [-0.15, -0.1) is 0 Å². The zero-order valence-electron chi connectivity index (χ0n) is 16.7. The Bertz CT molecular complexity index is 1340. The number of allylic oxidation sites excluding steroid dienone is 1. The summed E-state index contributed by atoms with van der Waals surface area (Å²) in [5, 5.41) is 1.09. The van der Waals surface area contributed by atoms with E-state index in [1.165, 1.54) is 12.1 Å². The van der Waals surface area contributed by atoms with E-state index in [-0.39, 0.29) is 5.41 Å². The van der Waals surface area contributed by atoms with E-state index in [2.05, 4.69) is 33.8 Å². The first-order chi connectivity index (χ1) is 15.0. The third-order valence-electron chi connectivity index (χ3n) is 6.78. The van der Waals surface area contributed by atoms with Crippen LogP contribution in [0.5, 0.6) is 0 Å². The molecule has 0 atom stereocenters. The normalized spacial score (nSPS) is 16.9. The van der Waals surface area contributed by atoms with Crippen LogP contribution in [0.1, 0.15) is 41.6 Å². The molecule has 0 unspecified atom stereocenters. The first-order valence-electron chi connectivity index (χ1n) is 10.4. The minimum Gasteiger partial charge on any atom is -0.294 e. The predicted octanol–water partition coefficient (Wildman–Crippen LogP) is 7.02. The number of pyridine rings is 1. The summed E-state index contributed by atoms with van der Waals surface area (Å²) in [6.45, 7) is 0. The minimum absolute atomic E-state index is 0.364. The van der Waals surface area contributed by atoms with Crippen LogP contribution in [-0.4, -0.2) is 9.55 Å². The molecule has 2 aliphatic carbocycles. The molecule has 5 heteroatoms. The zero-order valence-corrected chi connectivity index (χ0v) is 16.7. The molecule has 0 bridgehead atoms. The van der Waals surface area contributed by atoms with Crippen LogP contribution in [0, 0.1) is 0 Å². The van der Waals surface area contributed by atoms with Crippen molar-refractivity contribution in [1.82, 2.24) is 9.55 Å². The summed E-state index contributed by atoms with van der Waals surface area (Å²) in [7, 11) is 0. The van der Waals surface area contributed by atoms with Crippen molar-refractivity contribution in [2.75, 3.05) is 0 Å². The first kappa shape index (κ1) is 18.4. The lowest BCUT2D eigenvalue weighted by Crippen LogP contribution is -2.34. The quantitative estimate of drug-likeness (QED) is 0.343. The van der Waals surface area contributed by atoms with Gasteiger partial charge in [0.15, 0.2) is 0 Å². The Balaban J connectivity index is 1.59. The molecule has 2 nitrogen and oxygen atoms in total. The minimum atomic E-state index is -4.34. The molecule has 31 heavy (non-hydrogen) atoms. The molecule has 2 aromatic heterocycles. The van der Waals surface area contributed by atoms with Crippen molar-refractivity contribution < 1.29 is 13.2 Å². The van der Waals surface area contributed by atoms with E-state index in [4.69, 9.17) is 0 Å². The lowest BCUT2D eigenvalue weighted by molar-refractivity contribution is -0.137. The Kier molecular flexibility index (Phi) is 3.76. The van der Waals surface area contributed by atoms with Crippen LogP contribution in [0.4, 0.5) is 13.2 Å². The number of hydrogen-bond donors (Lipinski definition) is 0. The highest BCUT2D eigenvalue weighted by molar-refractivity contribution is 5.98. The highest BCUT2D eigenvalue weighted by Gasteiger charge is 2.48. The predicted molar refractivity (Wildman–Crippen MR) is 116 cm³/mol. The summed E-state index contributed by atoms with van der Waals surface area (Å²) in [6, 6.07) is 20.3. The van der Waals surface area contributed by atoms with Crippen LogP contribution in [-0.2, 0) is 11.6 Å². The van der Waals surface area contributed by atoms with Gasteiger partial charge in [-0.2, -0.15) is 13.2 Å². The molecule has 2 heterocycles. The van der Waals surface area contributed by atoms with Gasteiger partial charge in [-0.25, -0.2) is 4.98 Å². The standard InChI is InChI=1S/C26H19F3N2/c27-26(28,29)19-10-9-17-14-21(25(11-5-12-25)20(17)16-19)23-15-18-6-1-2-7-22(18)31(23)24-8-3-4-13-30-24/h1-4,6-10,13-16H,5,11-12H2. The maximum absolute atomic E-state index is 13.4. The second-order valence-corrected chi connectivity index (χ2v) is 8.41. The average molecular weight is 416 g/mol. The van der Waals surface area contributed by atoms with Gasteiger partial charge in [0, 0.05) is 17.0 Å². The third-order valence-corrected chi connectivity index (χ3v) is 6.78. The number of alkyl halides is 3. The maximum Gasteiger partial charge on any atom is 0.416 e. The molecule has 0 radical (unpaired) electrons. The van der Waals surface area contributed by atoms with Gasteiger partial charge < -0.3 is 0 Å². The molecule has 0 saturated heterocycles.